The third-order valence-electron chi connectivity index (χ3n) is 3.02. The third-order valence-corrected chi connectivity index (χ3v) is 3.02. The summed E-state index contributed by atoms with van der Waals surface area (Å²) in [6, 6.07) is 1.63. The number of hydrazine groups is 1. The van der Waals surface area contributed by atoms with Crippen molar-refractivity contribution in [3.63, 3.8) is 0 Å². The summed E-state index contributed by atoms with van der Waals surface area (Å²) < 4.78 is 5.50. The predicted octanol–water partition coefficient (Wildman–Crippen LogP) is 0.914. The Morgan fingerprint density at radius 2 is 2.37 bits per heavy atom. The number of nitrogen functional groups attached to an aromatic ring is 1. The van der Waals surface area contributed by atoms with Crippen LogP contribution in [0.1, 0.15) is 29.6 Å². The van der Waals surface area contributed by atoms with E-state index in [4.69, 9.17) is 10.6 Å². The van der Waals surface area contributed by atoms with Crippen LogP contribution >= 0.6 is 0 Å². The van der Waals surface area contributed by atoms with Crippen molar-refractivity contribution in [1.82, 2.24) is 10.3 Å². The maximum absolute atomic E-state index is 11.9. The van der Waals surface area contributed by atoms with Crippen molar-refractivity contribution in [2.75, 3.05) is 25.2 Å². The van der Waals surface area contributed by atoms with Gasteiger partial charge in [0.1, 0.15) is 0 Å². The van der Waals surface area contributed by atoms with E-state index in [9.17, 15) is 4.79 Å². The zero-order chi connectivity index (χ0) is 13.5. The van der Waals surface area contributed by atoms with Gasteiger partial charge >= 0.3 is 0 Å². The highest BCUT2D eigenvalue weighted by Crippen LogP contribution is 2.28. The van der Waals surface area contributed by atoms with E-state index in [1.54, 1.807) is 12.3 Å². The number of aromatic nitrogens is 1. The third kappa shape index (κ3) is 4.50. The van der Waals surface area contributed by atoms with Gasteiger partial charge in [0, 0.05) is 26.0 Å². The van der Waals surface area contributed by atoms with E-state index in [2.05, 4.69) is 15.7 Å². The summed E-state index contributed by atoms with van der Waals surface area (Å²) in [6.07, 6.45) is 6.50. The highest BCUT2D eigenvalue weighted by molar-refractivity contribution is 5.99. The minimum absolute atomic E-state index is 0.155. The summed E-state index contributed by atoms with van der Waals surface area (Å²) in [5.41, 5.74) is 3.47. The summed E-state index contributed by atoms with van der Waals surface area (Å²) in [5, 5.41) is 2.84. The maximum atomic E-state index is 11.9. The molecule has 4 N–H and O–H groups in total. The fourth-order valence-corrected chi connectivity index (χ4v) is 1.71. The number of amides is 1. The molecule has 0 saturated heterocycles. The molecule has 104 valence electrons. The Kier molecular flexibility index (Phi) is 5.11. The van der Waals surface area contributed by atoms with E-state index >= 15 is 0 Å². The topological polar surface area (TPSA) is 89.3 Å². The Hall–Kier alpha value is -1.66. The van der Waals surface area contributed by atoms with Gasteiger partial charge in [0.25, 0.3) is 5.91 Å². The molecule has 0 atom stereocenters. The number of carbonyl (C=O) groups excluding carboxylic acids is 1. The van der Waals surface area contributed by atoms with Crippen LogP contribution in [0.2, 0.25) is 0 Å². The van der Waals surface area contributed by atoms with E-state index in [1.807, 2.05) is 0 Å². The molecule has 1 amide bonds. The molecule has 19 heavy (non-hydrogen) atoms. The Morgan fingerprint density at radius 1 is 1.53 bits per heavy atom. The van der Waals surface area contributed by atoms with Crippen LogP contribution in [0.4, 0.5) is 5.69 Å². The lowest BCUT2D eigenvalue weighted by molar-refractivity contribution is 0.0938. The number of rotatable bonds is 8. The molecule has 2 rings (SSSR count). The molecule has 0 radical (unpaired) electrons. The molecule has 1 aromatic heterocycles. The number of anilines is 1. The quantitative estimate of drug-likeness (QED) is 0.369. The zero-order valence-electron chi connectivity index (χ0n) is 10.9. The van der Waals surface area contributed by atoms with Crippen molar-refractivity contribution in [3.05, 3.63) is 24.0 Å². The average molecular weight is 264 g/mol. The fraction of sp³-hybridized carbons (Fsp3) is 0.538. The van der Waals surface area contributed by atoms with Gasteiger partial charge in [0.05, 0.1) is 17.4 Å². The number of hydrogen-bond donors (Lipinski definition) is 3. The average Bonchev–Trinajstić information content (AvgIpc) is 3.26. The van der Waals surface area contributed by atoms with E-state index in [1.165, 1.54) is 19.0 Å². The van der Waals surface area contributed by atoms with Crippen LogP contribution in [-0.4, -0.2) is 30.6 Å². The molecule has 1 heterocycles. The van der Waals surface area contributed by atoms with Gasteiger partial charge < -0.3 is 15.5 Å². The summed E-state index contributed by atoms with van der Waals surface area (Å²) in [6.45, 7) is 2.14. The van der Waals surface area contributed by atoms with Crippen LogP contribution in [0.25, 0.3) is 0 Å². The summed E-state index contributed by atoms with van der Waals surface area (Å²) in [5.74, 6) is 5.95. The zero-order valence-corrected chi connectivity index (χ0v) is 10.9. The Morgan fingerprint density at radius 3 is 3.11 bits per heavy atom. The molecule has 1 aliphatic rings. The molecule has 0 aliphatic heterocycles. The van der Waals surface area contributed by atoms with Gasteiger partial charge in [-0.2, -0.15) is 0 Å². The van der Waals surface area contributed by atoms with Crippen molar-refractivity contribution in [2.24, 2.45) is 11.8 Å². The first-order chi connectivity index (χ1) is 9.31. The lowest BCUT2D eigenvalue weighted by atomic mass is 10.2. The number of nitrogens with one attached hydrogen (secondary N) is 2. The number of nitrogens with zero attached hydrogens (tertiary/aromatic N) is 1. The monoisotopic (exact) mass is 264 g/mol. The molecular formula is C13H20N4O2. The molecule has 1 saturated carbocycles. The van der Waals surface area contributed by atoms with Gasteiger partial charge in [-0.15, -0.1) is 0 Å². The molecular weight excluding hydrogens is 244 g/mol. The van der Waals surface area contributed by atoms with Crippen LogP contribution < -0.4 is 16.6 Å². The largest absolute Gasteiger partial charge is 0.381 e. The van der Waals surface area contributed by atoms with Gasteiger partial charge in [-0.3, -0.25) is 15.6 Å². The number of hydrogen-bond acceptors (Lipinski definition) is 5. The maximum Gasteiger partial charge on any atom is 0.253 e. The second kappa shape index (κ2) is 7.06. The Balaban J connectivity index is 1.65. The van der Waals surface area contributed by atoms with Crippen molar-refractivity contribution >= 4 is 11.6 Å². The first-order valence-electron chi connectivity index (χ1n) is 6.58. The summed E-state index contributed by atoms with van der Waals surface area (Å²) >= 11 is 0. The van der Waals surface area contributed by atoms with Gasteiger partial charge in [0.2, 0.25) is 0 Å². The van der Waals surface area contributed by atoms with E-state index in [0.717, 1.165) is 18.9 Å². The predicted molar refractivity (Wildman–Crippen MR) is 72.5 cm³/mol. The van der Waals surface area contributed by atoms with Gasteiger partial charge in [-0.05, 0) is 31.2 Å². The molecule has 0 spiro atoms. The number of ether oxygens (including phenoxy) is 1. The van der Waals surface area contributed by atoms with Crippen LogP contribution in [0.3, 0.4) is 0 Å². The summed E-state index contributed by atoms with van der Waals surface area (Å²) in [4.78, 5) is 15.8. The Bertz CT molecular complexity index is 421. The van der Waals surface area contributed by atoms with Crippen LogP contribution in [0.5, 0.6) is 0 Å². The number of nitrogens with two attached hydrogens (primary N) is 1. The SMILES string of the molecule is NNc1cnccc1C(=O)NCCCOCC1CC1. The minimum atomic E-state index is -0.155. The van der Waals surface area contributed by atoms with E-state index in [0.29, 0.717) is 24.4 Å². The molecule has 0 unspecified atom stereocenters. The normalized spacial score (nSPS) is 14.2. The van der Waals surface area contributed by atoms with E-state index < -0.39 is 0 Å². The lowest BCUT2D eigenvalue weighted by Crippen LogP contribution is -2.27. The van der Waals surface area contributed by atoms with Gasteiger partial charge in [-0.1, -0.05) is 0 Å². The smallest absolute Gasteiger partial charge is 0.253 e. The first kappa shape index (κ1) is 13.8. The molecule has 6 nitrogen and oxygen atoms in total. The van der Waals surface area contributed by atoms with Crippen molar-refractivity contribution < 1.29 is 9.53 Å². The second-order valence-electron chi connectivity index (χ2n) is 4.69. The van der Waals surface area contributed by atoms with Crippen molar-refractivity contribution in [3.8, 4) is 0 Å². The van der Waals surface area contributed by atoms with Crippen LogP contribution in [0.15, 0.2) is 18.5 Å². The van der Waals surface area contributed by atoms with Crippen molar-refractivity contribution in [1.29, 1.82) is 0 Å². The van der Waals surface area contributed by atoms with Crippen LogP contribution in [-0.2, 0) is 4.74 Å². The first-order valence-corrected chi connectivity index (χ1v) is 6.58. The summed E-state index contributed by atoms with van der Waals surface area (Å²) in [7, 11) is 0. The minimum Gasteiger partial charge on any atom is -0.381 e. The van der Waals surface area contributed by atoms with Crippen LogP contribution in [0, 0.1) is 5.92 Å². The number of carbonyl (C=O) groups is 1. The second-order valence-corrected chi connectivity index (χ2v) is 4.69. The van der Waals surface area contributed by atoms with E-state index in [-0.39, 0.29) is 5.91 Å². The molecule has 6 heteroatoms. The molecule has 0 bridgehead atoms. The van der Waals surface area contributed by atoms with Gasteiger partial charge in [-0.25, -0.2) is 0 Å². The highest BCUT2D eigenvalue weighted by atomic mass is 16.5. The molecule has 1 fully saturated rings. The fourth-order valence-electron chi connectivity index (χ4n) is 1.71. The van der Waals surface area contributed by atoms with Gasteiger partial charge in [0.15, 0.2) is 0 Å². The lowest BCUT2D eigenvalue weighted by Gasteiger charge is -2.09. The Labute approximate surface area is 112 Å². The standard InChI is InChI=1S/C13H20N4O2/c14-17-12-8-15-6-4-11(12)13(18)16-5-1-7-19-9-10-2-3-10/h4,6,8,10,17H,1-3,5,7,9,14H2,(H,16,18). The molecule has 1 aliphatic carbocycles. The molecule has 0 aromatic carbocycles. The molecule has 1 aromatic rings. The number of pyridine rings is 1. The van der Waals surface area contributed by atoms with Crippen molar-refractivity contribution in [2.45, 2.75) is 19.3 Å². The highest BCUT2D eigenvalue weighted by Gasteiger charge is 2.20.